The zero-order valence-corrected chi connectivity index (χ0v) is 13.4. The molecule has 0 bridgehead atoms. The number of hydrogen-bond acceptors (Lipinski definition) is 2. The van der Waals surface area contributed by atoms with Gasteiger partial charge in [0.15, 0.2) is 0 Å². The van der Waals surface area contributed by atoms with Gasteiger partial charge in [-0.2, -0.15) is 5.10 Å². The van der Waals surface area contributed by atoms with Crippen LogP contribution in [0.3, 0.4) is 0 Å². The van der Waals surface area contributed by atoms with Crippen LogP contribution in [0.5, 0.6) is 0 Å². The van der Waals surface area contributed by atoms with E-state index in [9.17, 15) is 4.79 Å². The second-order valence-electron chi connectivity index (χ2n) is 6.93. The van der Waals surface area contributed by atoms with Crippen molar-refractivity contribution in [2.75, 3.05) is 13.1 Å². The van der Waals surface area contributed by atoms with Gasteiger partial charge in [-0.25, -0.2) is 0 Å². The summed E-state index contributed by atoms with van der Waals surface area (Å²) in [6.45, 7) is 2.58. The first-order valence-electron chi connectivity index (χ1n) is 8.65. The number of benzene rings is 1. The molecule has 2 heterocycles. The zero-order chi connectivity index (χ0) is 15.6. The molecule has 4 heteroatoms. The lowest BCUT2D eigenvalue weighted by Gasteiger charge is -2.22. The van der Waals surface area contributed by atoms with Gasteiger partial charge in [0, 0.05) is 19.3 Å². The van der Waals surface area contributed by atoms with E-state index in [1.165, 1.54) is 31.2 Å². The lowest BCUT2D eigenvalue weighted by atomic mass is 9.82. The lowest BCUT2D eigenvalue weighted by molar-refractivity contribution is 0.0784. The summed E-state index contributed by atoms with van der Waals surface area (Å²) in [7, 11) is 0. The molecule has 1 aromatic heterocycles. The number of amides is 1. The molecule has 1 aliphatic carbocycles. The highest BCUT2D eigenvalue weighted by Crippen LogP contribution is 2.36. The van der Waals surface area contributed by atoms with E-state index < -0.39 is 0 Å². The maximum atomic E-state index is 12.7. The topological polar surface area (TPSA) is 38.1 Å². The van der Waals surface area contributed by atoms with Crippen molar-refractivity contribution in [1.82, 2.24) is 14.7 Å². The summed E-state index contributed by atoms with van der Waals surface area (Å²) in [6.07, 6.45) is 8.85. The number of likely N-dealkylation sites (tertiary alicyclic amines) is 1. The lowest BCUT2D eigenvalue weighted by Crippen LogP contribution is -2.28. The first kappa shape index (κ1) is 14.5. The van der Waals surface area contributed by atoms with Gasteiger partial charge in [0.05, 0.1) is 18.3 Å². The largest absolute Gasteiger partial charge is 0.338 e. The second-order valence-corrected chi connectivity index (χ2v) is 6.93. The van der Waals surface area contributed by atoms with E-state index in [0.29, 0.717) is 6.54 Å². The Hall–Kier alpha value is -2.10. The summed E-state index contributed by atoms with van der Waals surface area (Å²) in [6, 6.07) is 10.2. The molecule has 1 saturated heterocycles. The fourth-order valence-corrected chi connectivity index (χ4v) is 4.09. The molecule has 2 fully saturated rings. The monoisotopic (exact) mass is 309 g/mol. The minimum atomic E-state index is 0.152. The number of carbonyl (C=O) groups excluding carboxylic acids is 1. The summed E-state index contributed by atoms with van der Waals surface area (Å²) in [5, 5.41) is 4.36. The van der Waals surface area contributed by atoms with E-state index in [1.807, 2.05) is 34.0 Å². The van der Waals surface area contributed by atoms with Crippen LogP contribution in [0.15, 0.2) is 42.7 Å². The van der Waals surface area contributed by atoms with Crippen molar-refractivity contribution in [2.45, 2.75) is 32.2 Å². The summed E-state index contributed by atoms with van der Waals surface area (Å²) >= 11 is 0. The number of nitrogens with zero attached hydrogens (tertiary/aromatic N) is 3. The van der Waals surface area contributed by atoms with Gasteiger partial charge in [-0.1, -0.05) is 43.2 Å². The standard InChI is InChI=1S/C19H23N3O/c23-19(21-12-16-8-4-5-9-17(16)13-21)18-10-20-22(14-18)11-15-6-2-1-3-7-15/h1-3,6-7,10,14,16-17H,4-5,8-9,11-13H2/t16-,17-/m1/s1. The third-order valence-electron chi connectivity index (χ3n) is 5.33. The Bertz CT molecular complexity index is 665. The molecular weight excluding hydrogens is 286 g/mol. The highest BCUT2D eigenvalue weighted by molar-refractivity contribution is 5.93. The summed E-state index contributed by atoms with van der Waals surface area (Å²) in [4.78, 5) is 14.8. The second kappa shape index (κ2) is 6.19. The summed E-state index contributed by atoms with van der Waals surface area (Å²) < 4.78 is 1.85. The van der Waals surface area contributed by atoms with Crippen LogP contribution < -0.4 is 0 Å². The molecule has 1 aliphatic heterocycles. The SMILES string of the molecule is O=C(c1cnn(Cc2ccccc2)c1)N1C[C@H]2CCCC[C@@H]2C1. The molecule has 0 N–H and O–H groups in total. The van der Waals surface area contributed by atoms with Crippen LogP contribution in [0, 0.1) is 11.8 Å². The van der Waals surface area contributed by atoms with Crippen LogP contribution >= 0.6 is 0 Å². The molecule has 2 atom stereocenters. The smallest absolute Gasteiger partial charge is 0.257 e. The minimum Gasteiger partial charge on any atom is -0.338 e. The maximum absolute atomic E-state index is 12.7. The zero-order valence-electron chi connectivity index (χ0n) is 13.4. The average molecular weight is 309 g/mol. The van der Waals surface area contributed by atoms with E-state index in [0.717, 1.165) is 30.5 Å². The molecule has 1 aromatic carbocycles. The Morgan fingerprint density at radius 1 is 1.09 bits per heavy atom. The van der Waals surface area contributed by atoms with Crippen molar-refractivity contribution in [1.29, 1.82) is 0 Å². The number of rotatable bonds is 3. The van der Waals surface area contributed by atoms with Gasteiger partial charge in [-0.05, 0) is 30.2 Å². The van der Waals surface area contributed by atoms with E-state index in [2.05, 4.69) is 17.2 Å². The number of aromatic nitrogens is 2. The van der Waals surface area contributed by atoms with Gasteiger partial charge >= 0.3 is 0 Å². The van der Waals surface area contributed by atoms with Gasteiger partial charge in [0.2, 0.25) is 0 Å². The van der Waals surface area contributed by atoms with Crippen LogP contribution in [-0.4, -0.2) is 33.7 Å². The number of hydrogen-bond donors (Lipinski definition) is 0. The van der Waals surface area contributed by atoms with Crippen molar-refractivity contribution in [3.8, 4) is 0 Å². The average Bonchev–Trinajstić information content (AvgIpc) is 3.21. The third kappa shape index (κ3) is 3.03. The number of fused-ring (bicyclic) bond motifs is 1. The predicted octanol–water partition coefficient (Wildman–Crippen LogP) is 3.19. The van der Waals surface area contributed by atoms with Gasteiger partial charge in [0.1, 0.15) is 0 Å². The van der Waals surface area contributed by atoms with Crippen molar-refractivity contribution in [3.63, 3.8) is 0 Å². The Kier molecular flexibility index (Phi) is 3.90. The molecule has 2 aliphatic rings. The molecule has 1 amide bonds. The van der Waals surface area contributed by atoms with Gasteiger partial charge in [0.25, 0.3) is 5.91 Å². The van der Waals surface area contributed by atoms with Gasteiger partial charge in [-0.15, -0.1) is 0 Å². The molecular formula is C19H23N3O. The highest BCUT2D eigenvalue weighted by atomic mass is 16.2. The van der Waals surface area contributed by atoms with E-state index in [4.69, 9.17) is 0 Å². The molecule has 0 unspecified atom stereocenters. The molecule has 0 radical (unpaired) electrons. The molecule has 0 spiro atoms. The highest BCUT2D eigenvalue weighted by Gasteiger charge is 2.36. The molecule has 4 rings (SSSR count). The van der Waals surface area contributed by atoms with Crippen molar-refractivity contribution < 1.29 is 4.79 Å². The van der Waals surface area contributed by atoms with E-state index in [1.54, 1.807) is 6.20 Å². The van der Waals surface area contributed by atoms with Crippen LogP contribution in [0.4, 0.5) is 0 Å². The molecule has 120 valence electrons. The Morgan fingerprint density at radius 3 is 2.48 bits per heavy atom. The molecule has 1 saturated carbocycles. The maximum Gasteiger partial charge on any atom is 0.257 e. The molecule has 2 aromatic rings. The van der Waals surface area contributed by atoms with Crippen LogP contribution in [0.1, 0.15) is 41.6 Å². The predicted molar refractivity (Wildman–Crippen MR) is 89.1 cm³/mol. The Morgan fingerprint density at radius 2 is 1.78 bits per heavy atom. The van der Waals surface area contributed by atoms with Crippen LogP contribution in [0.2, 0.25) is 0 Å². The normalized spacial score (nSPS) is 23.7. The van der Waals surface area contributed by atoms with E-state index >= 15 is 0 Å². The number of carbonyl (C=O) groups is 1. The van der Waals surface area contributed by atoms with E-state index in [-0.39, 0.29) is 5.91 Å². The Balaban J connectivity index is 1.43. The fourth-order valence-electron chi connectivity index (χ4n) is 4.09. The van der Waals surface area contributed by atoms with Gasteiger partial charge < -0.3 is 4.90 Å². The van der Waals surface area contributed by atoms with Crippen molar-refractivity contribution in [3.05, 3.63) is 53.9 Å². The molecule has 4 nitrogen and oxygen atoms in total. The Labute approximate surface area is 137 Å². The third-order valence-corrected chi connectivity index (χ3v) is 5.33. The first-order chi connectivity index (χ1) is 11.3. The molecule has 23 heavy (non-hydrogen) atoms. The summed E-state index contributed by atoms with van der Waals surface area (Å²) in [5.74, 6) is 1.61. The first-order valence-corrected chi connectivity index (χ1v) is 8.65. The fraction of sp³-hybridized carbons (Fsp3) is 0.474. The van der Waals surface area contributed by atoms with Crippen LogP contribution in [0.25, 0.3) is 0 Å². The minimum absolute atomic E-state index is 0.152. The van der Waals surface area contributed by atoms with Crippen molar-refractivity contribution >= 4 is 5.91 Å². The van der Waals surface area contributed by atoms with Crippen molar-refractivity contribution in [2.24, 2.45) is 11.8 Å². The van der Waals surface area contributed by atoms with Crippen LogP contribution in [-0.2, 0) is 6.54 Å². The quantitative estimate of drug-likeness (QED) is 0.873. The van der Waals surface area contributed by atoms with Gasteiger partial charge in [-0.3, -0.25) is 9.48 Å². The summed E-state index contributed by atoms with van der Waals surface area (Å²) in [5.41, 5.74) is 1.92.